The SMILES string of the molecule is COc1ccc2ccccc2c1/C=C1/N=C(c2cccc([N+](=O)[O-])c2)OC1=O. The van der Waals surface area contributed by atoms with Crippen molar-refractivity contribution in [2.24, 2.45) is 4.99 Å². The van der Waals surface area contributed by atoms with E-state index in [9.17, 15) is 14.9 Å². The Labute approximate surface area is 159 Å². The molecule has 0 aliphatic carbocycles. The van der Waals surface area contributed by atoms with Crippen LogP contribution in [0.25, 0.3) is 16.8 Å². The van der Waals surface area contributed by atoms with E-state index in [-0.39, 0.29) is 17.3 Å². The van der Waals surface area contributed by atoms with E-state index in [2.05, 4.69) is 4.99 Å². The van der Waals surface area contributed by atoms with Gasteiger partial charge in [-0.05, 0) is 29.0 Å². The van der Waals surface area contributed by atoms with Crippen molar-refractivity contribution >= 4 is 34.4 Å². The van der Waals surface area contributed by atoms with Crippen LogP contribution >= 0.6 is 0 Å². The molecule has 1 aliphatic heterocycles. The van der Waals surface area contributed by atoms with Crippen LogP contribution in [-0.2, 0) is 9.53 Å². The second-order valence-corrected chi connectivity index (χ2v) is 6.05. The van der Waals surface area contributed by atoms with Gasteiger partial charge in [-0.1, -0.05) is 36.4 Å². The van der Waals surface area contributed by atoms with E-state index in [4.69, 9.17) is 9.47 Å². The van der Waals surface area contributed by atoms with Crippen LogP contribution < -0.4 is 4.74 Å². The zero-order valence-corrected chi connectivity index (χ0v) is 14.8. The second kappa shape index (κ2) is 6.96. The molecule has 0 radical (unpaired) electrons. The van der Waals surface area contributed by atoms with Crippen molar-refractivity contribution in [3.05, 3.63) is 87.6 Å². The summed E-state index contributed by atoms with van der Waals surface area (Å²) in [7, 11) is 1.55. The monoisotopic (exact) mass is 374 g/mol. The van der Waals surface area contributed by atoms with Crippen molar-refractivity contribution in [2.75, 3.05) is 7.11 Å². The lowest BCUT2D eigenvalue weighted by Gasteiger charge is -2.08. The van der Waals surface area contributed by atoms with Crippen molar-refractivity contribution in [3.8, 4) is 5.75 Å². The third-order valence-corrected chi connectivity index (χ3v) is 4.36. The normalized spacial score (nSPS) is 14.8. The largest absolute Gasteiger partial charge is 0.496 e. The van der Waals surface area contributed by atoms with Crippen molar-refractivity contribution in [2.45, 2.75) is 0 Å². The number of nitro groups is 1. The maximum atomic E-state index is 12.3. The summed E-state index contributed by atoms with van der Waals surface area (Å²) in [6, 6.07) is 17.2. The molecule has 0 atom stereocenters. The lowest BCUT2D eigenvalue weighted by atomic mass is 10.0. The zero-order chi connectivity index (χ0) is 19.7. The second-order valence-electron chi connectivity index (χ2n) is 6.05. The van der Waals surface area contributed by atoms with Crippen LogP contribution in [-0.4, -0.2) is 23.9 Å². The molecule has 7 nitrogen and oxygen atoms in total. The molecule has 0 aromatic heterocycles. The Kier molecular flexibility index (Phi) is 4.33. The Morgan fingerprint density at radius 3 is 2.71 bits per heavy atom. The quantitative estimate of drug-likeness (QED) is 0.297. The van der Waals surface area contributed by atoms with Crippen LogP contribution in [0.5, 0.6) is 5.75 Å². The minimum atomic E-state index is -0.628. The van der Waals surface area contributed by atoms with Gasteiger partial charge < -0.3 is 9.47 Å². The fourth-order valence-electron chi connectivity index (χ4n) is 3.02. The summed E-state index contributed by atoms with van der Waals surface area (Å²) in [6.07, 6.45) is 1.61. The molecular weight excluding hydrogens is 360 g/mol. The Balaban J connectivity index is 1.81. The number of nitrogens with zero attached hydrogens (tertiary/aromatic N) is 2. The number of carbonyl (C=O) groups excluding carboxylic acids is 1. The molecule has 4 rings (SSSR count). The Bertz CT molecular complexity index is 1180. The Hall–Kier alpha value is -4.00. The van der Waals surface area contributed by atoms with Gasteiger partial charge in [0.05, 0.1) is 12.0 Å². The highest BCUT2D eigenvalue weighted by Gasteiger charge is 2.26. The number of benzene rings is 3. The first-order valence-corrected chi connectivity index (χ1v) is 8.40. The third kappa shape index (κ3) is 3.09. The molecule has 0 amide bonds. The van der Waals surface area contributed by atoms with Crippen LogP contribution in [0.2, 0.25) is 0 Å². The minimum Gasteiger partial charge on any atom is -0.496 e. The van der Waals surface area contributed by atoms with Gasteiger partial charge in [0, 0.05) is 23.3 Å². The summed E-state index contributed by atoms with van der Waals surface area (Å²) < 4.78 is 10.7. The number of fused-ring (bicyclic) bond motifs is 1. The first-order chi connectivity index (χ1) is 13.6. The molecule has 0 bridgehead atoms. The van der Waals surface area contributed by atoms with Crippen LogP contribution in [0.3, 0.4) is 0 Å². The number of hydrogen-bond acceptors (Lipinski definition) is 6. The van der Waals surface area contributed by atoms with Gasteiger partial charge in [-0.15, -0.1) is 0 Å². The maximum absolute atomic E-state index is 12.3. The zero-order valence-electron chi connectivity index (χ0n) is 14.8. The molecule has 0 saturated heterocycles. The maximum Gasteiger partial charge on any atom is 0.363 e. The predicted octanol–water partition coefficient (Wildman–Crippen LogP) is 4.10. The highest BCUT2D eigenvalue weighted by Crippen LogP contribution is 2.31. The molecule has 28 heavy (non-hydrogen) atoms. The summed E-state index contributed by atoms with van der Waals surface area (Å²) in [5.41, 5.74) is 1.05. The van der Waals surface area contributed by atoms with Crippen molar-refractivity contribution in [1.82, 2.24) is 0 Å². The first kappa shape index (κ1) is 17.4. The topological polar surface area (TPSA) is 91.0 Å². The summed E-state index contributed by atoms with van der Waals surface area (Å²) >= 11 is 0. The summed E-state index contributed by atoms with van der Waals surface area (Å²) in [6.45, 7) is 0. The van der Waals surface area contributed by atoms with Gasteiger partial charge in [0.2, 0.25) is 5.90 Å². The molecule has 0 unspecified atom stereocenters. The van der Waals surface area contributed by atoms with E-state index in [1.165, 1.54) is 18.2 Å². The molecule has 0 N–H and O–H groups in total. The smallest absolute Gasteiger partial charge is 0.363 e. The molecule has 7 heteroatoms. The Morgan fingerprint density at radius 2 is 1.93 bits per heavy atom. The van der Waals surface area contributed by atoms with Gasteiger partial charge in [0.15, 0.2) is 5.70 Å². The van der Waals surface area contributed by atoms with Crippen molar-refractivity contribution in [3.63, 3.8) is 0 Å². The molecule has 1 heterocycles. The number of hydrogen-bond donors (Lipinski definition) is 0. The molecule has 3 aromatic rings. The molecule has 138 valence electrons. The molecule has 0 fully saturated rings. The van der Waals surface area contributed by atoms with Gasteiger partial charge in [0.1, 0.15) is 5.75 Å². The number of nitro benzene ring substituents is 1. The fraction of sp³-hybridized carbons (Fsp3) is 0.0476. The number of ether oxygens (including phenoxy) is 2. The van der Waals surface area contributed by atoms with Crippen LogP contribution in [0.1, 0.15) is 11.1 Å². The highest BCUT2D eigenvalue weighted by atomic mass is 16.6. The number of methoxy groups -OCH3 is 1. The van der Waals surface area contributed by atoms with E-state index >= 15 is 0 Å². The average molecular weight is 374 g/mol. The predicted molar refractivity (Wildman–Crippen MR) is 104 cm³/mol. The fourth-order valence-corrected chi connectivity index (χ4v) is 3.02. The number of cyclic esters (lactones) is 1. The van der Waals surface area contributed by atoms with Crippen molar-refractivity contribution < 1.29 is 19.2 Å². The van der Waals surface area contributed by atoms with E-state index in [1.54, 1.807) is 19.3 Å². The number of non-ortho nitro benzene ring substituents is 1. The summed E-state index contributed by atoms with van der Waals surface area (Å²) in [5, 5.41) is 12.9. The summed E-state index contributed by atoms with van der Waals surface area (Å²) in [4.78, 5) is 27.0. The lowest BCUT2D eigenvalue weighted by Crippen LogP contribution is -2.05. The summed E-state index contributed by atoms with van der Waals surface area (Å²) in [5.74, 6) is -0.00588. The molecular formula is C21H14N2O5. The third-order valence-electron chi connectivity index (χ3n) is 4.36. The van der Waals surface area contributed by atoms with Crippen LogP contribution in [0, 0.1) is 10.1 Å². The molecule has 0 saturated carbocycles. The van der Waals surface area contributed by atoms with Gasteiger partial charge in [-0.2, -0.15) is 0 Å². The number of carbonyl (C=O) groups is 1. The number of rotatable bonds is 4. The van der Waals surface area contributed by atoms with Gasteiger partial charge >= 0.3 is 5.97 Å². The van der Waals surface area contributed by atoms with E-state index < -0.39 is 10.9 Å². The van der Waals surface area contributed by atoms with Gasteiger partial charge in [-0.3, -0.25) is 10.1 Å². The van der Waals surface area contributed by atoms with Gasteiger partial charge in [0.25, 0.3) is 5.69 Å². The van der Waals surface area contributed by atoms with E-state index in [1.807, 2.05) is 36.4 Å². The standard InChI is InChI=1S/C21H14N2O5/c1-27-19-10-9-13-5-2-3-8-16(13)17(19)12-18-21(24)28-20(22-18)14-6-4-7-15(11-14)23(25)26/h2-12H,1H3/b18-12+. The van der Waals surface area contributed by atoms with Crippen molar-refractivity contribution in [1.29, 1.82) is 0 Å². The van der Waals surface area contributed by atoms with E-state index in [0.717, 1.165) is 10.8 Å². The minimum absolute atomic E-state index is 0.0270. The highest BCUT2D eigenvalue weighted by molar-refractivity contribution is 6.13. The average Bonchev–Trinajstić information content (AvgIpc) is 3.09. The Morgan fingerprint density at radius 1 is 1.11 bits per heavy atom. The van der Waals surface area contributed by atoms with Crippen LogP contribution in [0.15, 0.2) is 71.4 Å². The molecule has 1 aliphatic rings. The van der Waals surface area contributed by atoms with E-state index in [0.29, 0.717) is 16.9 Å². The number of aliphatic imine (C=N–C) groups is 1. The van der Waals surface area contributed by atoms with Gasteiger partial charge in [-0.25, -0.2) is 9.79 Å². The van der Waals surface area contributed by atoms with Crippen LogP contribution in [0.4, 0.5) is 5.69 Å². The molecule has 3 aromatic carbocycles. The number of esters is 1. The molecule has 0 spiro atoms. The lowest BCUT2D eigenvalue weighted by molar-refractivity contribution is -0.384. The first-order valence-electron chi connectivity index (χ1n) is 8.40.